The molecular formula is C18H26ClN3O3. The number of ether oxygens (including phenoxy) is 2. The molecule has 0 fully saturated rings. The van der Waals surface area contributed by atoms with Crippen molar-refractivity contribution < 1.29 is 14.3 Å². The van der Waals surface area contributed by atoms with Gasteiger partial charge in [-0.1, -0.05) is 35.9 Å². The number of alkyl carbamates (subject to hydrolysis) is 1. The second kappa shape index (κ2) is 10.1. The molecule has 0 bridgehead atoms. The monoisotopic (exact) mass is 367 g/mol. The van der Waals surface area contributed by atoms with Crippen LogP contribution in [0.3, 0.4) is 0 Å². The number of halogens is 1. The van der Waals surface area contributed by atoms with Crippen LogP contribution in [-0.2, 0) is 22.4 Å². The predicted octanol–water partition coefficient (Wildman–Crippen LogP) is 3.33. The third kappa shape index (κ3) is 9.74. The summed E-state index contributed by atoms with van der Waals surface area (Å²) in [5.41, 5.74) is 7.09. The van der Waals surface area contributed by atoms with Crippen LogP contribution in [0.1, 0.15) is 31.9 Å². The molecule has 0 aliphatic heterocycles. The summed E-state index contributed by atoms with van der Waals surface area (Å²) in [6, 6.07) is 7.84. The minimum atomic E-state index is -0.507. The summed E-state index contributed by atoms with van der Waals surface area (Å²) < 4.78 is 10.7. The minimum Gasteiger partial charge on any atom is -0.496 e. The number of rotatable bonds is 8. The summed E-state index contributed by atoms with van der Waals surface area (Å²) in [4.78, 5) is 11.6. The maximum absolute atomic E-state index is 11.6. The van der Waals surface area contributed by atoms with Gasteiger partial charge in [0.05, 0.1) is 13.2 Å². The topological polar surface area (TPSA) is 97.4 Å². The van der Waals surface area contributed by atoms with E-state index in [9.17, 15) is 4.79 Å². The van der Waals surface area contributed by atoms with E-state index in [1.165, 1.54) is 6.08 Å². The van der Waals surface area contributed by atoms with E-state index in [2.05, 4.69) is 5.32 Å². The Morgan fingerprint density at radius 2 is 1.88 bits per heavy atom. The van der Waals surface area contributed by atoms with Gasteiger partial charge in [0.15, 0.2) is 0 Å². The van der Waals surface area contributed by atoms with Gasteiger partial charge in [0, 0.05) is 19.0 Å². The van der Waals surface area contributed by atoms with Crippen LogP contribution < -0.4 is 11.1 Å². The van der Waals surface area contributed by atoms with Crippen LogP contribution in [-0.4, -0.2) is 30.0 Å². The van der Waals surface area contributed by atoms with Gasteiger partial charge in [0.2, 0.25) is 0 Å². The Balaban J connectivity index is 2.41. The molecule has 138 valence electrons. The van der Waals surface area contributed by atoms with Crippen molar-refractivity contribution in [3.05, 3.63) is 47.2 Å². The Morgan fingerprint density at radius 1 is 1.28 bits per heavy atom. The highest BCUT2D eigenvalue weighted by atomic mass is 35.5. The van der Waals surface area contributed by atoms with Crippen LogP contribution in [0.25, 0.3) is 0 Å². The van der Waals surface area contributed by atoms with E-state index in [0.29, 0.717) is 25.3 Å². The molecule has 0 aliphatic rings. The number of carbonyl (C=O) groups is 1. The molecule has 1 aromatic rings. The second-order valence-corrected chi connectivity index (χ2v) is 6.84. The van der Waals surface area contributed by atoms with Gasteiger partial charge >= 0.3 is 6.09 Å². The number of benzene rings is 1. The quantitative estimate of drug-likeness (QED) is 0.485. The fraction of sp³-hybridized carbons (Fsp3) is 0.444. The lowest BCUT2D eigenvalue weighted by molar-refractivity contribution is 0.0523. The van der Waals surface area contributed by atoms with E-state index in [0.717, 1.165) is 11.1 Å². The van der Waals surface area contributed by atoms with Crippen molar-refractivity contribution in [1.29, 1.82) is 5.41 Å². The van der Waals surface area contributed by atoms with Crippen molar-refractivity contribution in [2.24, 2.45) is 5.73 Å². The highest BCUT2D eigenvalue weighted by Gasteiger charge is 2.15. The normalized spacial score (nSPS) is 11.8. The molecule has 4 N–H and O–H groups in total. The Labute approximate surface area is 153 Å². The molecule has 0 aliphatic carbocycles. The summed E-state index contributed by atoms with van der Waals surface area (Å²) in [6.07, 6.45) is 1.66. The average molecular weight is 368 g/mol. The first kappa shape index (κ1) is 21.0. The van der Waals surface area contributed by atoms with Crippen molar-refractivity contribution >= 4 is 22.9 Å². The van der Waals surface area contributed by atoms with Crippen LogP contribution in [0.5, 0.6) is 0 Å². The van der Waals surface area contributed by atoms with Crippen LogP contribution in [0.4, 0.5) is 4.79 Å². The number of hydrogen-bond donors (Lipinski definition) is 3. The standard InChI is InChI=1S/C18H26ClN3O3/c1-18(2,3)25-17(23)22-12-14-6-4-13(5-7-14)8-9-24-15(11-20)10-16(19)21/h4-7,10,21H,8-9,11-12,20H2,1-3H3,(H,22,23)/b15-10+,21-16?. The zero-order valence-electron chi connectivity index (χ0n) is 14.9. The smallest absolute Gasteiger partial charge is 0.407 e. The lowest BCUT2D eigenvalue weighted by atomic mass is 10.1. The van der Waals surface area contributed by atoms with Crippen molar-refractivity contribution in [2.75, 3.05) is 13.2 Å². The lowest BCUT2D eigenvalue weighted by Crippen LogP contribution is -2.32. The fourth-order valence-electron chi connectivity index (χ4n) is 1.91. The molecule has 1 amide bonds. The third-order valence-corrected chi connectivity index (χ3v) is 3.13. The average Bonchev–Trinajstić information content (AvgIpc) is 2.51. The van der Waals surface area contributed by atoms with Crippen molar-refractivity contribution in [2.45, 2.75) is 39.3 Å². The molecular weight excluding hydrogens is 342 g/mol. The molecule has 0 saturated carbocycles. The predicted molar refractivity (Wildman–Crippen MR) is 99.9 cm³/mol. The highest BCUT2D eigenvalue weighted by molar-refractivity contribution is 6.67. The molecule has 1 rings (SSSR count). The fourth-order valence-corrected chi connectivity index (χ4v) is 2.03. The highest BCUT2D eigenvalue weighted by Crippen LogP contribution is 2.09. The zero-order chi connectivity index (χ0) is 18.9. The van der Waals surface area contributed by atoms with E-state index in [4.69, 9.17) is 32.2 Å². The Kier molecular flexibility index (Phi) is 8.45. The summed E-state index contributed by atoms with van der Waals surface area (Å²) in [5.74, 6) is 0.484. The van der Waals surface area contributed by atoms with Gasteiger partial charge in [-0.2, -0.15) is 0 Å². The number of allylic oxidation sites excluding steroid dienone is 1. The molecule has 7 heteroatoms. The summed E-state index contributed by atoms with van der Waals surface area (Å²) >= 11 is 5.48. The Hall–Kier alpha value is -2.05. The third-order valence-electron chi connectivity index (χ3n) is 3.03. The number of nitrogens with one attached hydrogen (secondary N) is 2. The molecule has 0 radical (unpaired) electrons. The van der Waals surface area contributed by atoms with E-state index in [-0.39, 0.29) is 11.7 Å². The van der Waals surface area contributed by atoms with Gasteiger partial charge < -0.3 is 20.5 Å². The SMILES string of the molecule is CC(C)(C)OC(=O)NCc1ccc(CCO/C(=C/C(=N)Cl)CN)cc1. The van der Waals surface area contributed by atoms with Crippen molar-refractivity contribution in [3.63, 3.8) is 0 Å². The largest absolute Gasteiger partial charge is 0.496 e. The number of amides is 1. The summed E-state index contributed by atoms with van der Waals surface area (Å²) in [6.45, 7) is 6.52. The van der Waals surface area contributed by atoms with Crippen molar-refractivity contribution in [1.82, 2.24) is 5.32 Å². The molecule has 6 nitrogen and oxygen atoms in total. The van der Waals surface area contributed by atoms with Gasteiger partial charge in [-0.25, -0.2) is 4.79 Å². The van der Waals surface area contributed by atoms with Gasteiger partial charge in [-0.15, -0.1) is 0 Å². The van der Waals surface area contributed by atoms with Crippen molar-refractivity contribution in [3.8, 4) is 0 Å². The minimum absolute atomic E-state index is 0.109. The van der Waals surface area contributed by atoms with E-state index >= 15 is 0 Å². The first-order chi connectivity index (χ1) is 11.7. The van der Waals surface area contributed by atoms with Gasteiger partial charge in [-0.3, -0.25) is 5.41 Å². The van der Waals surface area contributed by atoms with Crippen LogP contribution in [0.15, 0.2) is 36.1 Å². The molecule has 0 heterocycles. The molecule has 0 spiro atoms. The van der Waals surface area contributed by atoms with Gasteiger partial charge in [0.25, 0.3) is 0 Å². The van der Waals surface area contributed by atoms with E-state index in [1.54, 1.807) is 0 Å². The number of nitrogens with two attached hydrogens (primary N) is 1. The Bertz CT molecular complexity index is 607. The van der Waals surface area contributed by atoms with Crippen LogP contribution in [0.2, 0.25) is 0 Å². The second-order valence-electron chi connectivity index (χ2n) is 6.43. The van der Waals surface area contributed by atoms with Crippen LogP contribution >= 0.6 is 11.6 Å². The first-order valence-corrected chi connectivity index (χ1v) is 8.39. The van der Waals surface area contributed by atoms with E-state index < -0.39 is 11.7 Å². The molecule has 25 heavy (non-hydrogen) atoms. The maximum atomic E-state index is 11.6. The molecule has 0 unspecified atom stereocenters. The van der Waals surface area contributed by atoms with Crippen LogP contribution in [0, 0.1) is 5.41 Å². The van der Waals surface area contributed by atoms with Gasteiger partial charge in [0.1, 0.15) is 16.5 Å². The molecule has 0 aromatic heterocycles. The zero-order valence-corrected chi connectivity index (χ0v) is 15.7. The lowest BCUT2D eigenvalue weighted by Gasteiger charge is -2.19. The Morgan fingerprint density at radius 3 is 2.40 bits per heavy atom. The summed E-state index contributed by atoms with van der Waals surface area (Å²) in [5, 5.41) is 9.79. The molecule has 0 saturated heterocycles. The first-order valence-electron chi connectivity index (χ1n) is 8.02. The number of hydrogen-bond acceptors (Lipinski definition) is 5. The number of carbonyl (C=O) groups excluding carboxylic acids is 1. The molecule has 1 aromatic carbocycles. The summed E-state index contributed by atoms with van der Waals surface area (Å²) in [7, 11) is 0. The van der Waals surface area contributed by atoms with E-state index in [1.807, 2.05) is 45.0 Å². The van der Waals surface area contributed by atoms with Gasteiger partial charge in [-0.05, 0) is 31.9 Å². The maximum Gasteiger partial charge on any atom is 0.407 e. The molecule has 0 atom stereocenters.